The molecule has 0 atom stereocenters. The van der Waals surface area contributed by atoms with Crippen molar-refractivity contribution in [2.75, 3.05) is 26.4 Å². The average molecular weight is 213 g/mol. The normalized spacial score (nSPS) is 9.50. The first-order valence-corrected chi connectivity index (χ1v) is 4.64. The number of carbonyl (C=O) groups is 1. The first-order chi connectivity index (χ1) is 6.27. The fraction of sp³-hybridized carbons (Fsp3) is 0.889. The van der Waals surface area contributed by atoms with Crippen LogP contribution in [0.2, 0.25) is 0 Å². The summed E-state index contributed by atoms with van der Waals surface area (Å²) < 4.78 is 10.2. The van der Waals surface area contributed by atoms with Crippen LogP contribution in [0.3, 0.4) is 0 Å². The predicted octanol–water partition coefficient (Wildman–Crippen LogP) is 0.914. The molecule has 0 aliphatic heterocycles. The van der Waals surface area contributed by atoms with Gasteiger partial charge < -0.3 is 14.6 Å². The van der Waals surface area contributed by atoms with Crippen LogP contribution < -0.4 is 0 Å². The number of ether oxygens (including phenoxy) is 2. The first kappa shape index (κ1) is 16.8. The van der Waals surface area contributed by atoms with Gasteiger partial charge in [-0.05, 0) is 6.42 Å². The van der Waals surface area contributed by atoms with E-state index in [0.29, 0.717) is 13.2 Å². The second-order valence-corrected chi connectivity index (χ2v) is 2.72. The number of hydrogen-bond donors (Lipinski definition) is 1. The summed E-state index contributed by atoms with van der Waals surface area (Å²) in [5.41, 5.74) is 0. The van der Waals surface area contributed by atoms with E-state index in [0.717, 1.165) is 19.4 Å². The molecular formula is C9H18NaO4. The number of aliphatic carboxylic acids is 1. The largest absolute Gasteiger partial charge is 0.481 e. The Kier molecular flexibility index (Phi) is 16.1. The predicted molar refractivity (Wildman–Crippen MR) is 54.6 cm³/mol. The van der Waals surface area contributed by atoms with E-state index in [9.17, 15) is 4.79 Å². The Morgan fingerprint density at radius 3 is 2.21 bits per heavy atom. The summed E-state index contributed by atoms with van der Waals surface area (Å²) >= 11 is 0. The molecule has 0 heterocycles. The summed E-state index contributed by atoms with van der Waals surface area (Å²) in [7, 11) is 0. The van der Waals surface area contributed by atoms with Gasteiger partial charge in [-0.3, -0.25) is 4.79 Å². The van der Waals surface area contributed by atoms with Crippen molar-refractivity contribution in [2.45, 2.75) is 26.2 Å². The zero-order chi connectivity index (χ0) is 9.94. The van der Waals surface area contributed by atoms with Crippen LogP contribution in [0, 0.1) is 0 Å². The van der Waals surface area contributed by atoms with Crippen LogP contribution >= 0.6 is 0 Å². The fourth-order valence-electron chi connectivity index (χ4n) is 0.728. The molecule has 5 heteroatoms. The van der Waals surface area contributed by atoms with E-state index in [1.165, 1.54) is 0 Å². The molecule has 0 rings (SSSR count). The van der Waals surface area contributed by atoms with Gasteiger partial charge in [-0.2, -0.15) is 0 Å². The van der Waals surface area contributed by atoms with Crippen molar-refractivity contribution in [3.05, 3.63) is 0 Å². The fourth-order valence-corrected chi connectivity index (χ4v) is 0.728. The maximum absolute atomic E-state index is 10.1. The SMILES string of the molecule is CCCCOCCOCCC(=O)O.[Na]. The van der Waals surface area contributed by atoms with Gasteiger partial charge in [0.25, 0.3) is 0 Å². The van der Waals surface area contributed by atoms with Crippen molar-refractivity contribution in [2.24, 2.45) is 0 Å². The minimum Gasteiger partial charge on any atom is -0.481 e. The molecule has 4 nitrogen and oxygen atoms in total. The molecule has 1 radical (unpaired) electrons. The van der Waals surface area contributed by atoms with E-state index >= 15 is 0 Å². The average Bonchev–Trinajstić information content (AvgIpc) is 2.09. The van der Waals surface area contributed by atoms with Gasteiger partial charge >= 0.3 is 5.97 Å². The molecule has 0 fully saturated rings. The van der Waals surface area contributed by atoms with Crippen LogP contribution in [-0.2, 0) is 14.3 Å². The molecule has 0 aromatic heterocycles. The van der Waals surface area contributed by atoms with Crippen LogP contribution in [0.5, 0.6) is 0 Å². The zero-order valence-corrected chi connectivity index (χ0v) is 11.1. The maximum Gasteiger partial charge on any atom is 0.305 e. The van der Waals surface area contributed by atoms with Gasteiger partial charge in [0, 0.05) is 36.2 Å². The molecule has 0 saturated carbocycles. The smallest absolute Gasteiger partial charge is 0.305 e. The Morgan fingerprint density at radius 1 is 1.14 bits per heavy atom. The Morgan fingerprint density at radius 2 is 1.71 bits per heavy atom. The Bertz CT molecular complexity index is 130. The molecule has 0 aliphatic rings. The van der Waals surface area contributed by atoms with E-state index in [1.807, 2.05) is 0 Å². The molecule has 0 saturated heterocycles. The third-order valence-electron chi connectivity index (χ3n) is 1.47. The standard InChI is InChI=1S/C9H18O4.Na/c1-2-3-5-12-7-8-13-6-4-9(10)11;/h2-8H2,1H3,(H,10,11);. The summed E-state index contributed by atoms with van der Waals surface area (Å²) in [6.45, 7) is 4.18. The number of unbranched alkanes of at least 4 members (excludes halogenated alkanes) is 1. The van der Waals surface area contributed by atoms with E-state index < -0.39 is 5.97 Å². The summed E-state index contributed by atoms with van der Waals surface area (Å²) in [6, 6.07) is 0. The second-order valence-electron chi connectivity index (χ2n) is 2.72. The molecule has 0 bridgehead atoms. The van der Waals surface area contributed by atoms with Crippen molar-refractivity contribution in [3.63, 3.8) is 0 Å². The Labute approximate surface area is 107 Å². The van der Waals surface area contributed by atoms with Crippen LogP contribution in [0.25, 0.3) is 0 Å². The van der Waals surface area contributed by atoms with Crippen LogP contribution in [0.4, 0.5) is 0 Å². The van der Waals surface area contributed by atoms with Gasteiger partial charge in [-0.25, -0.2) is 0 Å². The van der Waals surface area contributed by atoms with Gasteiger partial charge in [0.15, 0.2) is 0 Å². The summed E-state index contributed by atoms with van der Waals surface area (Å²) in [6.07, 6.45) is 2.25. The number of rotatable bonds is 9. The molecule has 0 aromatic carbocycles. The molecule has 79 valence electrons. The molecule has 1 N–H and O–H groups in total. The van der Waals surface area contributed by atoms with Gasteiger partial charge in [0.1, 0.15) is 0 Å². The third-order valence-corrected chi connectivity index (χ3v) is 1.47. The Hall–Kier alpha value is 0.390. The van der Waals surface area contributed by atoms with Crippen LogP contribution in [0.1, 0.15) is 26.2 Å². The van der Waals surface area contributed by atoms with Gasteiger partial charge in [0.2, 0.25) is 0 Å². The van der Waals surface area contributed by atoms with Gasteiger partial charge in [-0.15, -0.1) is 0 Å². The quantitative estimate of drug-likeness (QED) is 0.457. The number of hydrogen-bond acceptors (Lipinski definition) is 3. The third kappa shape index (κ3) is 14.9. The second kappa shape index (κ2) is 13.4. The van der Waals surface area contributed by atoms with Crippen LogP contribution in [0.15, 0.2) is 0 Å². The van der Waals surface area contributed by atoms with Crippen molar-refractivity contribution < 1.29 is 19.4 Å². The minimum absolute atomic E-state index is 0. The van der Waals surface area contributed by atoms with Crippen molar-refractivity contribution in [1.82, 2.24) is 0 Å². The van der Waals surface area contributed by atoms with E-state index in [2.05, 4.69) is 6.92 Å². The van der Waals surface area contributed by atoms with E-state index in [-0.39, 0.29) is 42.6 Å². The summed E-state index contributed by atoms with van der Waals surface area (Å²) in [4.78, 5) is 10.1. The summed E-state index contributed by atoms with van der Waals surface area (Å²) in [5.74, 6) is -0.827. The zero-order valence-electron chi connectivity index (χ0n) is 9.12. The Balaban J connectivity index is 0. The topological polar surface area (TPSA) is 55.8 Å². The van der Waals surface area contributed by atoms with Gasteiger partial charge in [0.05, 0.1) is 26.2 Å². The monoisotopic (exact) mass is 213 g/mol. The molecule has 0 unspecified atom stereocenters. The molecule has 14 heavy (non-hydrogen) atoms. The van der Waals surface area contributed by atoms with Crippen molar-refractivity contribution in [1.29, 1.82) is 0 Å². The van der Waals surface area contributed by atoms with Crippen molar-refractivity contribution in [3.8, 4) is 0 Å². The minimum atomic E-state index is -0.827. The van der Waals surface area contributed by atoms with Gasteiger partial charge in [-0.1, -0.05) is 13.3 Å². The maximum atomic E-state index is 10.1. The molecular weight excluding hydrogens is 195 g/mol. The van der Waals surface area contributed by atoms with E-state index in [1.54, 1.807) is 0 Å². The molecule has 0 amide bonds. The molecule has 0 spiro atoms. The van der Waals surface area contributed by atoms with Crippen LogP contribution in [-0.4, -0.2) is 67.1 Å². The van der Waals surface area contributed by atoms with Crippen molar-refractivity contribution >= 4 is 35.5 Å². The first-order valence-electron chi connectivity index (χ1n) is 4.64. The summed E-state index contributed by atoms with van der Waals surface area (Å²) in [5, 5.41) is 8.27. The number of carboxylic acids is 1. The van der Waals surface area contributed by atoms with E-state index in [4.69, 9.17) is 14.6 Å². The molecule has 0 aromatic rings. The molecule has 0 aliphatic carbocycles. The number of carboxylic acid groups (broad SMARTS) is 1.